The van der Waals surface area contributed by atoms with Crippen LogP contribution in [-0.2, 0) is 10.2 Å². The van der Waals surface area contributed by atoms with Gasteiger partial charge >= 0.3 is 10.2 Å². The fourth-order valence-electron chi connectivity index (χ4n) is 4.24. The van der Waals surface area contributed by atoms with Crippen molar-refractivity contribution in [2.45, 2.75) is 38.1 Å². The summed E-state index contributed by atoms with van der Waals surface area (Å²) in [6, 6.07) is 2.27. The van der Waals surface area contributed by atoms with Gasteiger partial charge in [-0.25, -0.2) is 9.11 Å². The van der Waals surface area contributed by atoms with Crippen molar-refractivity contribution in [3.8, 4) is 5.75 Å². The highest BCUT2D eigenvalue weighted by atomic mass is 35.5. The number of amides is 1. The molecule has 4 rings (SSSR count). The van der Waals surface area contributed by atoms with Crippen molar-refractivity contribution in [1.82, 2.24) is 14.3 Å². The van der Waals surface area contributed by atoms with E-state index in [9.17, 15) is 17.6 Å². The molecular weight excluding hydrogens is 421 g/mol. The van der Waals surface area contributed by atoms with Crippen LogP contribution in [-0.4, -0.2) is 50.9 Å². The molecule has 1 aromatic rings. The maximum atomic E-state index is 14.5. The SMILES string of the molecule is O=C(NS(=O)(=O)N1CC[C@@H]2CN[C@@H]2C1)c1cc(Cl)c(OCC2CCCC2)cc1F. The van der Waals surface area contributed by atoms with Crippen LogP contribution in [0.15, 0.2) is 12.1 Å². The van der Waals surface area contributed by atoms with Gasteiger partial charge in [-0.1, -0.05) is 24.4 Å². The Hall–Kier alpha value is -1.42. The van der Waals surface area contributed by atoms with E-state index < -0.39 is 27.5 Å². The summed E-state index contributed by atoms with van der Waals surface area (Å²) >= 11 is 6.15. The minimum absolute atomic E-state index is 0.0754. The molecule has 1 aromatic carbocycles. The van der Waals surface area contributed by atoms with Crippen LogP contribution in [0.2, 0.25) is 5.02 Å². The van der Waals surface area contributed by atoms with Gasteiger partial charge in [0.25, 0.3) is 5.91 Å². The number of benzene rings is 1. The Balaban J connectivity index is 1.41. The second-order valence-electron chi connectivity index (χ2n) is 8.08. The van der Waals surface area contributed by atoms with E-state index in [1.54, 1.807) is 0 Å². The van der Waals surface area contributed by atoms with Crippen LogP contribution >= 0.6 is 11.6 Å². The predicted octanol–water partition coefficient (Wildman–Crippen LogP) is 2.32. The van der Waals surface area contributed by atoms with Crippen LogP contribution in [0.25, 0.3) is 0 Å². The van der Waals surface area contributed by atoms with E-state index in [-0.39, 0.29) is 16.8 Å². The fraction of sp³-hybridized carbons (Fsp3) is 0.632. The molecule has 3 aliphatic rings. The summed E-state index contributed by atoms with van der Waals surface area (Å²) in [7, 11) is -4.06. The molecule has 29 heavy (non-hydrogen) atoms. The van der Waals surface area contributed by atoms with Gasteiger partial charge in [0.2, 0.25) is 0 Å². The molecule has 1 saturated carbocycles. The highest BCUT2D eigenvalue weighted by Gasteiger charge is 2.40. The summed E-state index contributed by atoms with van der Waals surface area (Å²) in [5, 5.41) is 3.25. The van der Waals surface area contributed by atoms with Gasteiger partial charge < -0.3 is 10.1 Å². The molecule has 0 radical (unpaired) electrons. The first-order valence-corrected chi connectivity index (χ1v) is 11.8. The van der Waals surface area contributed by atoms with Crippen molar-refractivity contribution < 1.29 is 22.3 Å². The molecule has 0 unspecified atom stereocenters. The van der Waals surface area contributed by atoms with Gasteiger partial charge in [0.05, 0.1) is 17.2 Å². The highest BCUT2D eigenvalue weighted by Crippen LogP contribution is 2.31. The Morgan fingerprint density at radius 2 is 2.07 bits per heavy atom. The Bertz CT molecular complexity index is 892. The average molecular weight is 446 g/mol. The molecule has 2 aliphatic heterocycles. The van der Waals surface area contributed by atoms with Gasteiger partial charge in [0, 0.05) is 25.2 Å². The van der Waals surface area contributed by atoms with Crippen LogP contribution < -0.4 is 14.8 Å². The smallest absolute Gasteiger partial charge is 0.304 e. The van der Waals surface area contributed by atoms with Gasteiger partial charge in [-0.2, -0.15) is 12.7 Å². The van der Waals surface area contributed by atoms with Crippen LogP contribution in [0.1, 0.15) is 42.5 Å². The van der Waals surface area contributed by atoms with Crippen molar-refractivity contribution >= 4 is 27.7 Å². The topological polar surface area (TPSA) is 87.7 Å². The van der Waals surface area contributed by atoms with E-state index in [1.807, 2.05) is 4.72 Å². The van der Waals surface area contributed by atoms with Crippen molar-refractivity contribution in [1.29, 1.82) is 0 Å². The number of nitrogens with zero attached hydrogens (tertiary/aromatic N) is 1. The number of ether oxygens (including phenoxy) is 1. The molecule has 3 fully saturated rings. The summed E-state index contributed by atoms with van der Waals surface area (Å²) in [5.41, 5.74) is -0.427. The molecule has 2 N–H and O–H groups in total. The second kappa shape index (κ2) is 8.37. The minimum Gasteiger partial charge on any atom is -0.492 e. The Kier molecular flexibility index (Phi) is 6.02. The number of piperidine rings is 1. The molecule has 0 spiro atoms. The van der Waals surface area contributed by atoms with E-state index in [0.29, 0.717) is 31.5 Å². The van der Waals surface area contributed by atoms with E-state index in [4.69, 9.17) is 16.3 Å². The lowest BCUT2D eigenvalue weighted by Crippen LogP contribution is -2.64. The molecule has 7 nitrogen and oxygen atoms in total. The third kappa shape index (κ3) is 4.52. The van der Waals surface area contributed by atoms with Gasteiger partial charge in [-0.15, -0.1) is 0 Å². The number of halogens is 2. The fourth-order valence-corrected chi connectivity index (χ4v) is 5.64. The van der Waals surface area contributed by atoms with Gasteiger partial charge in [0.1, 0.15) is 11.6 Å². The zero-order valence-electron chi connectivity index (χ0n) is 16.0. The Labute approximate surface area is 175 Å². The number of fused-ring (bicyclic) bond motifs is 1. The average Bonchev–Trinajstić information content (AvgIpc) is 3.16. The van der Waals surface area contributed by atoms with E-state index >= 15 is 0 Å². The highest BCUT2D eigenvalue weighted by molar-refractivity contribution is 7.87. The minimum atomic E-state index is -4.06. The summed E-state index contributed by atoms with van der Waals surface area (Å²) < 4.78 is 48.4. The van der Waals surface area contributed by atoms with Crippen LogP contribution in [0.5, 0.6) is 5.75 Å². The summed E-state index contributed by atoms with van der Waals surface area (Å²) in [4.78, 5) is 12.4. The van der Waals surface area contributed by atoms with Crippen LogP contribution in [0.4, 0.5) is 4.39 Å². The van der Waals surface area contributed by atoms with Gasteiger partial charge in [-0.3, -0.25) is 4.79 Å². The maximum Gasteiger partial charge on any atom is 0.304 e. The molecule has 2 saturated heterocycles. The third-order valence-corrected chi connectivity index (χ3v) is 7.89. The zero-order valence-corrected chi connectivity index (χ0v) is 17.6. The largest absolute Gasteiger partial charge is 0.492 e. The first-order valence-electron chi connectivity index (χ1n) is 10.0. The monoisotopic (exact) mass is 445 g/mol. The quantitative estimate of drug-likeness (QED) is 0.701. The molecule has 1 amide bonds. The second-order valence-corrected chi connectivity index (χ2v) is 10.2. The lowest BCUT2D eigenvalue weighted by atomic mass is 9.86. The molecule has 10 heteroatoms. The zero-order chi connectivity index (χ0) is 20.6. The van der Waals surface area contributed by atoms with Crippen molar-refractivity contribution in [2.75, 3.05) is 26.2 Å². The van der Waals surface area contributed by atoms with Crippen LogP contribution in [0, 0.1) is 17.7 Å². The number of carbonyl (C=O) groups is 1. The number of hydrogen-bond acceptors (Lipinski definition) is 5. The first-order chi connectivity index (χ1) is 13.8. The molecule has 2 heterocycles. The number of rotatable bonds is 6. The lowest BCUT2D eigenvalue weighted by molar-refractivity contribution is 0.0968. The standard InChI is InChI=1S/C19H25ClFN3O4S/c20-15-7-14(16(21)8-18(15)28-11-12-3-1-2-4-12)19(25)23-29(26,27)24-6-5-13-9-22-17(13)10-24/h7-8,12-13,17,22H,1-6,9-11H2,(H,23,25)/t13-,17-/m1/s1. The summed E-state index contributed by atoms with van der Waals surface area (Å²) in [6.07, 6.45) is 5.22. The third-order valence-electron chi connectivity index (χ3n) is 6.14. The Morgan fingerprint density at radius 3 is 2.72 bits per heavy atom. The van der Waals surface area contributed by atoms with Crippen molar-refractivity contribution in [3.63, 3.8) is 0 Å². The van der Waals surface area contributed by atoms with Gasteiger partial charge in [-0.05, 0) is 43.7 Å². The van der Waals surface area contributed by atoms with E-state index in [0.717, 1.165) is 50.8 Å². The Morgan fingerprint density at radius 1 is 1.31 bits per heavy atom. The predicted molar refractivity (Wildman–Crippen MR) is 107 cm³/mol. The van der Waals surface area contributed by atoms with E-state index in [1.165, 1.54) is 4.31 Å². The molecule has 160 valence electrons. The lowest BCUT2D eigenvalue weighted by Gasteiger charge is -2.45. The van der Waals surface area contributed by atoms with Crippen LogP contribution in [0.3, 0.4) is 0 Å². The van der Waals surface area contributed by atoms with E-state index in [2.05, 4.69) is 5.32 Å². The number of nitrogens with one attached hydrogen (secondary N) is 2. The molecule has 0 bridgehead atoms. The summed E-state index contributed by atoms with van der Waals surface area (Å²) in [5.74, 6) is -0.853. The molecule has 0 aromatic heterocycles. The maximum absolute atomic E-state index is 14.5. The molecular formula is C19H25ClFN3O4S. The number of carbonyl (C=O) groups excluding carboxylic acids is 1. The first kappa shape index (κ1) is 20.8. The van der Waals surface area contributed by atoms with Crippen molar-refractivity contribution in [3.05, 3.63) is 28.5 Å². The van der Waals surface area contributed by atoms with Gasteiger partial charge in [0.15, 0.2) is 0 Å². The number of hydrogen-bond donors (Lipinski definition) is 2. The van der Waals surface area contributed by atoms with Crippen molar-refractivity contribution in [2.24, 2.45) is 11.8 Å². The summed E-state index contributed by atoms with van der Waals surface area (Å²) in [6.45, 7) is 1.97. The normalized spacial score (nSPS) is 25.3. The molecule has 1 aliphatic carbocycles. The molecule has 2 atom stereocenters.